The van der Waals surface area contributed by atoms with Crippen molar-refractivity contribution in [3.63, 3.8) is 0 Å². The Labute approximate surface area is 112 Å². The van der Waals surface area contributed by atoms with Crippen LogP contribution in [0.15, 0.2) is 42.8 Å². The maximum atomic E-state index is 8.88. The third kappa shape index (κ3) is 3.13. The van der Waals surface area contributed by atoms with E-state index in [1.54, 1.807) is 18.4 Å². The zero-order chi connectivity index (χ0) is 14.8. The first-order chi connectivity index (χ1) is 9.31. The number of furan rings is 1. The van der Waals surface area contributed by atoms with Crippen molar-refractivity contribution >= 4 is 32.0 Å². The molecule has 20 heavy (non-hydrogen) atoms. The van der Waals surface area contributed by atoms with Crippen LogP contribution in [0.3, 0.4) is 0 Å². The number of rotatable bonds is 1. The summed E-state index contributed by atoms with van der Waals surface area (Å²) in [5, 5.41) is 0. The van der Waals surface area contributed by atoms with E-state index in [9.17, 15) is 0 Å². The zero-order valence-corrected chi connectivity index (χ0v) is 10.8. The second-order valence-corrected chi connectivity index (χ2v) is 4.70. The highest BCUT2D eigenvalue weighted by atomic mass is 31.2. The van der Waals surface area contributed by atoms with Gasteiger partial charge in [-0.3, -0.25) is 5.73 Å². The molecule has 0 fully saturated rings. The van der Waals surface area contributed by atoms with E-state index in [4.69, 9.17) is 29.4 Å². The van der Waals surface area contributed by atoms with E-state index in [-0.39, 0.29) is 0 Å². The minimum Gasteiger partial charge on any atom is -0.465 e. The Hall–Kier alpha value is -1.97. The lowest BCUT2D eigenvalue weighted by Crippen LogP contribution is -2.47. The first-order valence-corrected chi connectivity index (χ1v) is 6.71. The molecule has 11 heteroatoms. The number of amidine groups is 1. The molecular weight excluding hydrogens is 289 g/mol. The molecule has 0 aliphatic carbocycles. The number of fused-ring (bicyclic) bond motifs is 1. The molecule has 0 saturated heterocycles. The van der Waals surface area contributed by atoms with Gasteiger partial charge in [-0.25, -0.2) is 24.5 Å². The Bertz CT molecular complexity index is 650. The number of nitrogens with zero attached hydrogens (tertiary/aromatic N) is 4. The van der Waals surface area contributed by atoms with Crippen molar-refractivity contribution in [3.05, 3.63) is 24.2 Å². The summed E-state index contributed by atoms with van der Waals surface area (Å²) in [6, 6.07) is 3.50. The monoisotopic (exact) mass is 299 g/mol. The lowest BCUT2D eigenvalue weighted by molar-refractivity contribution is 0.275. The van der Waals surface area contributed by atoms with Gasteiger partial charge in [0.25, 0.3) is 0 Å². The normalized spacial score (nSPS) is 23.6. The molecule has 3 rings (SSSR count). The van der Waals surface area contributed by atoms with Crippen LogP contribution in [0.25, 0.3) is 0 Å². The van der Waals surface area contributed by atoms with Crippen molar-refractivity contribution in [1.82, 2.24) is 0 Å². The lowest BCUT2D eigenvalue weighted by atomic mass is 10.0. The molecule has 106 valence electrons. The van der Waals surface area contributed by atoms with Crippen molar-refractivity contribution in [2.24, 2.45) is 25.7 Å². The van der Waals surface area contributed by atoms with Crippen molar-refractivity contribution in [2.75, 3.05) is 0 Å². The predicted octanol–water partition coefficient (Wildman–Crippen LogP) is -0.614. The molecule has 0 saturated carbocycles. The Morgan fingerprint density at radius 2 is 1.95 bits per heavy atom. The van der Waals surface area contributed by atoms with E-state index in [1.807, 2.05) is 0 Å². The molecule has 0 radical (unpaired) electrons. The van der Waals surface area contributed by atoms with E-state index < -0.39 is 13.5 Å². The van der Waals surface area contributed by atoms with Gasteiger partial charge in [-0.05, 0) is 12.1 Å². The number of phosphoric acid groups is 1. The average Bonchev–Trinajstić information content (AvgIpc) is 2.99. The molecule has 2 aliphatic rings. The molecule has 2 aliphatic heterocycles. The van der Waals surface area contributed by atoms with Crippen LogP contribution in [0.1, 0.15) is 5.76 Å². The maximum Gasteiger partial charge on any atom is 0.466 e. The molecule has 0 spiro atoms. The van der Waals surface area contributed by atoms with Crippen LogP contribution in [0.2, 0.25) is 0 Å². The minimum absolute atomic E-state index is 0.490. The third-order valence-electron chi connectivity index (χ3n) is 2.28. The SMILES string of the molecule is NC1(c2ccco2)N=CN=C2N=CN=C21.O=P(O)(O)O. The quantitative estimate of drug-likeness (QED) is 0.504. The van der Waals surface area contributed by atoms with Crippen LogP contribution < -0.4 is 5.73 Å². The van der Waals surface area contributed by atoms with Crippen molar-refractivity contribution in [1.29, 1.82) is 0 Å². The molecule has 3 heterocycles. The molecular formula is C9H10N5O5P. The summed E-state index contributed by atoms with van der Waals surface area (Å²) >= 11 is 0. The zero-order valence-electron chi connectivity index (χ0n) is 9.86. The molecule has 1 aromatic heterocycles. The van der Waals surface area contributed by atoms with Gasteiger partial charge >= 0.3 is 7.82 Å². The summed E-state index contributed by atoms with van der Waals surface area (Å²) < 4.78 is 14.1. The fraction of sp³-hybridized carbons (Fsp3) is 0.111. The predicted molar refractivity (Wildman–Crippen MR) is 70.7 cm³/mol. The average molecular weight is 299 g/mol. The topological polar surface area (TPSA) is 166 Å². The van der Waals surface area contributed by atoms with Gasteiger partial charge in [-0.15, -0.1) is 0 Å². The summed E-state index contributed by atoms with van der Waals surface area (Å²) in [6.07, 6.45) is 4.33. The van der Waals surface area contributed by atoms with Crippen LogP contribution in [0.4, 0.5) is 0 Å². The van der Waals surface area contributed by atoms with E-state index in [0.717, 1.165) is 0 Å². The van der Waals surface area contributed by atoms with Gasteiger partial charge in [0, 0.05) is 0 Å². The molecule has 1 atom stereocenters. The fourth-order valence-electron chi connectivity index (χ4n) is 1.54. The molecule has 1 unspecified atom stereocenters. The summed E-state index contributed by atoms with van der Waals surface area (Å²) in [5.74, 6) is 1.01. The molecule has 10 nitrogen and oxygen atoms in total. The van der Waals surface area contributed by atoms with E-state index in [1.165, 1.54) is 12.7 Å². The Morgan fingerprint density at radius 3 is 2.55 bits per heavy atom. The van der Waals surface area contributed by atoms with Gasteiger partial charge < -0.3 is 19.1 Å². The van der Waals surface area contributed by atoms with Crippen LogP contribution in [0, 0.1) is 0 Å². The highest BCUT2D eigenvalue weighted by Crippen LogP contribution is 2.26. The number of hydrogen-bond donors (Lipinski definition) is 4. The minimum atomic E-state index is -4.64. The van der Waals surface area contributed by atoms with Gasteiger partial charge in [0.15, 0.2) is 11.6 Å². The van der Waals surface area contributed by atoms with Crippen molar-refractivity contribution in [2.45, 2.75) is 5.66 Å². The van der Waals surface area contributed by atoms with E-state index >= 15 is 0 Å². The van der Waals surface area contributed by atoms with Gasteiger partial charge in [0.1, 0.15) is 18.4 Å². The van der Waals surface area contributed by atoms with E-state index in [0.29, 0.717) is 17.3 Å². The second-order valence-electron chi connectivity index (χ2n) is 3.68. The van der Waals surface area contributed by atoms with Gasteiger partial charge in [-0.2, -0.15) is 0 Å². The Balaban J connectivity index is 0.000000257. The molecule has 0 bridgehead atoms. The summed E-state index contributed by atoms with van der Waals surface area (Å²) in [6.45, 7) is 0. The largest absolute Gasteiger partial charge is 0.466 e. The van der Waals surface area contributed by atoms with Crippen molar-refractivity contribution in [3.8, 4) is 0 Å². The first-order valence-electron chi connectivity index (χ1n) is 5.14. The second kappa shape index (κ2) is 5.19. The molecule has 0 aromatic carbocycles. The summed E-state index contributed by atoms with van der Waals surface area (Å²) in [4.78, 5) is 37.7. The Kier molecular flexibility index (Phi) is 3.75. The molecule has 5 N–H and O–H groups in total. The number of hydrogen-bond acceptors (Lipinski definition) is 7. The number of aliphatic imine (C=N–C) groups is 4. The molecule has 0 amide bonds. The fourth-order valence-corrected chi connectivity index (χ4v) is 1.54. The highest BCUT2D eigenvalue weighted by molar-refractivity contribution is 7.45. The third-order valence-corrected chi connectivity index (χ3v) is 2.28. The van der Waals surface area contributed by atoms with Gasteiger partial charge in [0.2, 0.25) is 5.66 Å². The van der Waals surface area contributed by atoms with Crippen LogP contribution in [-0.2, 0) is 10.2 Å². The van der Waals surface area contributed by atoms with Gasteiger partial charge in [0.05, 0.1) is 6.26 Å². The standard InChI is InChI=1S/C9H7N5O.H3O4P/c10-9(6-2-1-3-15-6)7-8(12-4-11-7)13-5-14-9;1-5(2,3)4/h1-5H,10H2;(H3,1,2,3,4). The smallest absolute Gasteiger partial charge is 0.465 e. The van der Waals surface area contributed by atoms with Crippen LogP contribution in [-0.4, -0.2) is 38.9 Å². The first kappa shape index (κ1) is 14.4. The highest BCUT2D eigenvalue weighted by Gasteiger charge is 2.41. The van der Waals surface area contributed by atoms with Crippen LogP contribution in [0.5, 0.6) is 0 Å². The molecule has 1 aromatic rings. The summed E-state index contributed by atoms with van der Waals surface area (Å²) in [5.41, 5.74) is 5.54. The van der Waals surface area contributed by atoms with Gasteiger partial charge in [-0.1, -0.05) is 0 Å². The number of nitrogens with two attached hydrogens (primary N) is 1. The summed E-state index contributed by atoms with van der Waals surface area (Å²) in [7, 11) is -4.64. The Morgan fingerprint density at radius 1 is 1.25 bits per heavy atom. The van der Waals surface area contributed by atoms with E-state index in [2.05, 4.69) is 20.0 Å². The van der Waals surface area contributed by atoms with Crippen LogP contribution >= 0.6 is 7.82 Å². The maximum absolute atomic E-state index is 8.88. The lowest BCUT2D eigenvalue weighted by Gasteiger charge is -2.23. The van der Waals surface area contributed by atoms with Crippen molar-refractivity contribution < 1.29 is 23.7 Å².